The molecule has 3 heterocycles. The second-order valence-corrected chi connectivity index (χ2v) is 7.78. The quantitative estimate of drug-likeness (QED) is 0.877. The number of amides is 2. The number of likely N-dealkylation sites (N-methyl/N-ethyl adjacent to an activating group) is 1. The lowest BCUT2D eigenvalue weighted by Crippen LogP contribution is -2.53. The van der Waals surface area contributed by atoms with Crippen LogP contribution in [0.4, 0.5) is 16.4 Å². The van der Waals surface area contributed by atoms with E-state index in [1.165, 1.54) is 11.3 Å². The van der Waals surface area contributed by atoms with E-state index in [2.05, 4.69) is 52.5 Å². The number of aromatic nitrogens is 2. The number of pyridine rings is 1. The van der Waals surface area contributed by atoms with E-state index in [0.717, 1.165) is 37.2 Å². The van der Waals surface area contributed by atoms with Crippen LogP contribution < -0.4 is 10.2 Å². The molecule has 1 unspecified atom stereocenters. The van der Waals surface area contributed by atoms with Crippen LogP contribution >= 0.6 is 0 Å². The van der Waals surface area contributed by atoms with Crippen LogP contribution in [0.5, 0.6) is 0 Å². The van der Waals surface area contributed by atoms with Crippen LogP contribution in [0.1, 0.15) is 36.7 Å². The van der Waals surface area contributed by atoms with Gasteiger partial charge in [-0.05, 0) is 38.2 Å². The molecule has 0 spiro atoms. The number of rotatable bonds is 3. The Morgan fingerprint density at radius 1 is 1.43 bits per heavy atom. The summed E-state index contributed by atoms with van der Waals surface area (Å²) in [4.78, 5) is 21.4. The van der Waals surface area contributed by atoms with Gasteiger partial charge in [-0.2, -0.15) is 0 Å². The maximum Gasteiger partial charge on any atom is 0.324 e. The molecule has 1 aliphatic carbocycles. The second-order valence-electron chi connectivity index (χ2n) is 7.78. The Bertz CT molecular complexity index is 891. The highest BCUT2D eigenvalue weighted by atomic mass is 16.5. The third-order valence-corrected chi connectivity index (χ3v) is 5.82. The maximum absolute atomic E-state index is 12.7. The van der Waals surface area contributed by atoms with Gasteiger partial charge in [0.25, 0.3) is 0 Å². The molecule has 1 saturated heterocycles. The van der Waals surface area contributed by atoms with E-state index in [-0.39, 0.29) is 12.1 Å². The summed E-state index contributed by atoms with van der Waals surface area (Å²) in [6.07, 6.45) is 9.28. The van der Waals surface area contributed by atoms with Gasteiger partial charge >= 0.3 is 6.03 Å². The van der Waals surface area contributed by atoms with Crippen molar-refractivity contribution in [2.24, 2.45) is 5.92 Å². The Balaban J connectivity index is 1.51. The van der Waals surface area contributed by atoms with Crippen LogP contribution in [-0.2, 0) is 6.42 Å². The lowest BCUT2D eigenvalue weighted by Gasteiger charge is -2.43. The van der Waals surface area contributed by atoms with Gasteiger partial charge in [-0.1, -0.05) is 24.2 Å². The van der Waals surface area contributed by atoms with Crippen molar-refractivity contribution in [3.05, 3.63) is 41.4 Å². The summed E-state index contributed by atoms with van der Waals surface area (Å²) in [5.74, 6) is 0.873. The van der Waals surface area contributed by atoms with Crippen molar-refractivity contribution in [1.29, 1.82) is 0 Å². The van der Waals surface area contributed by atoms with E-state index in [4.69, 9.17) is 4.52 Å². The highest BCUT2D eigenvalue weighted by molar-refractivity contribution is 5.88. The number of hydrogen-bond acceptors (Lipinski definition) is 5. The summed E-state index contributed by atoms with van der Waals surface area (Å²) in [5.41, 5.74) is 4.30. The normalized spacial score (nSPS) is 21.3. The van der Waals surface area contributed by atoms with E-state index < -0.39 is 0 Å². The average Bonchev–Trinajstić information content (AvgIpc) is 3.12. The SMILES string of the molecule is Cc1cc(NC(=O)N2CC[C@@H](C)C(N(C)c3ccnc4c3C=CCC4)C2)on1. The van der Waals surface area contributed by atoms with Crippen LogP contribution in [0, 0.1) is 12.8 Å². The summed E-state index contributed by atoms with van der Waals surface area (Å²) >= 11 is 0. The van der Waals surface area contributed by atoms with Gasteiger partial charge in [0.15, 0.2) is 0 Å². The highest BCUT2D eigenvalue weighted by Gasteiger charge is 2.33. The number of piperidine rings is 1. The number of nitrogens with zero attached hydrogens (tertiary/aromatic N) is 4. The zero-order chi connectivity index (χ0) is 19.7. The molecule has 0 saturated carbocycles. The maximum atomic E-state index is 12.7. The third kappa shape index (κ3) is 3.61. The molecule has 1 N–H and O–H groups in total. The number of hydrogen-bond donors (Lipinski definition) is 1. The molecule has 1 fully saturated rings. The summed E-state index contributed by atoms with van der Waals surface area (Å²) in [5, 5.41) is 6.64. The zero-order valence-electron chi connectivity index (χ0n) is 16.7. The first-order valence-corrected chi connectivity index (χ1v) is 9.89. The molecule has 28 heavy (non-hydrogen) atoms. The summed E-state index contributed by atoms with van der Waals surface area (Å²) in [6.45, 7) is 5.49. The minimum absolute atomic E-state index is 0.141. The molecule has 4 rings (SSSR count). The van der Waals surface area contributed by atoms with E-state index in [9.17, 15) is 4.79 Å². The number of aryl methyl sites for hydroxylation is 2. The van der Waals surface area contributed by atoms with Crippen molar-refractivity contribution < 1.29 is 9.32 Å². The molecule has 7 nitrogen and oxygen atoms in total. The highest BCUT2D eigenvalue weighted by Crippen LogP contribution is 2.32. The molecule has 2 amide bonds. The molecule has 2 atom stereocenters. The number of carbonyl (C=O) groups excluding carboxylic acids is 1. The van der Waals surface area contributed by atoms with Crippen molar-refractivity contribution >= 4 is 23.7 Å². The van der Waals surface area contributed by atoms with E-state index in [0.29, 0.717) is 18.3 Å². The molecule has 2 aliphatic rings. The minimum atomic E-state index is -0.141. The molecule has 1 aliphatic heterocycles. The molecule has 0 radical (unpaired) electrons. The Morgan fingerprint density at radius 2 is 2.29 bits per heavy atom. The molecular weight excluding hydrogens is 354 g/mol. The van der Waals surface area contributed by atoms with Crippen molar-refractivity contribution in [3.63, 3.8) is 0 Å². The fourth-order valence-corrected chi connectivity index (χ4v) is 4.14. The summed E-state index contributed by atoms with van der Waals surface area (Å²) in [6, 6.07) is 3.90. The van der Waals surface area contributed by atoms with Crippen LogP contribution in [0.3, 0.4) is 0 Å². The van der Waals surface area contributed by atoms with Crippen molar-refractivity contribution in [2.75, 3.05) is 30.4 Å². The van der Waals surface area contributed by atoms with E-state index >= 15 is 0 Å². The predicted molar refractivity (Wildman–Crippen MR) is 109 cm³/mol. The Morgan fingerprint density at radius 3 is 3.07 bits per heavy atom. The fourth-order valence-electron chi connectivity index (χ4n) is 4.14. The van der Waals surface area contributed by atoms with Gasteiger partial charge in [-0.15, -0.1) is 0 Å². The number of fused-ring (bicyclic) bond motifs is 1. The minimum Gasteiger partial charge on any atom is -0.369 e. The first-order chi connectivity index (χ1) is 13.5. The average molecular weight is 381 g/mol. The summed E-state index contributed by atoms with van der Waals surface area (Å²) < 4.78 is 5.12. The largest absolute Gasteiger partial charge is 0.369 e. The smallest absolute Gasteiger partial charge is 0.324 e. The second kappa shape index (κ2) is 7.66. The van der Waals surface area contributed by atoms with Crippen LogP contribution in [0.25, 0.3) is 6.08 Å². The lowest BCUT2D eigenvalue weighted by molar-refractivity contribution is 0.172. The Labute approximate surface area is 165 Å². The first-order valence-electron chi connectivity index (χ1n) is 9.89. The number of anilines is 2. The number of urea groups is 1. The first kappa shape index (κ1) is 18.5. The van der Waals surface area contributed by atoms with Gasteiger partial charge in [0, 0.05) is 55.4 Å². The van der Waals surface area contributed by atoms with E-state index in [1.807, 2.05) is 18.0 Å². The van der Waals surface area contributed by atoms with Crippen LogP contribution in [-0.4, -0.2) is 47.3 Å². The summed E-state index contributed by atoms with van der Waals surface area (Å²) in [7, 11) is 2.13. The standard InChI is InChI=1S/C21H27N5O2/c1-14-9-11-26(21(27)23-20-12-15(2)24-28-20)13-19(14)25(3)18-8-10-22-17-7-5-4-6-16(17)18/h4,6,8,10,12,14,19H,5,7,9,11,13H2,1-3H3,(H,23,27)/t14-,19?/m1/s1. The van der Waals surface area contributed by atoms with Gasteiger partial charge in [-0.3, -0.25) is 10.3 Å². The molecule has 2 aromatic heterocycles. The lowest BCUT2D eigenvalue weighted by atomic mass is 9.91. The molecule has 148 valence electrons. The third-order valence-electron chi connectivity index (χ3n) is 5.82. The van der Waals surface area contributed by atoms with E-state index in [1.54, 1.807) is 6.07 Å². The van der Waals surface area contributed by atoms with Crippen LogP contribution in [0.15, 0.2) is 28.9 Å². The predicted octanol–water partition coefficient (Wildman–Crippen LogP) is 3.72. The molecular formula is C21H27N5O2. The van der Waals surface area contributed by atoms with Crippen molar-refractivity contribution in [3.8, 4) is 0 Å². The number of carbonyl (C=O) groups is 1. The van der Waals surface area contributed by atoms with Gasteiger partial charge < -0.3 is 14.3 Å². The number of nitrogens with one attached hydrogen (secondary N) is 1. The monoisotopic (exact) mass is 381 g/mol. The Hall–Kier alpha value is -2.83. The molecule has 0 aromatic carbocycles. The number of allylic oxidation sites excluding steroid dienone is 1. The van der Waals surface area contributed by atoms with Gasteiger partial charge in [0.2, 0.25) is 5.88 Å². The van der Waals surface area contributed by atoms with Gasteiger partial charge in [0.05, 0.1) is 5.69 Å². The number of likely N-dealkylation sites (tertiary alicyclic amines) is 1. The van der Waals surface area contributed by atoms with Gasteiger partial charge in [0.1, 0.15) is 0 Å². The topological polar surface area (TPSA) is 74.5 Å². The zero-order valence-corrected chi connectivity index (χ0v) is 16.7. The molecule has 7 heteroatoms. The molecule has 2 aromatic rings. The molecule has 0 bridgehead atoms. The van der Waals surface area contributed by atoms with Crippen LogP contribution in [0.2, 0.25) is 0 Å². The van der Waals surface area contributed by atoms with Gasteiger partial charge in [-0.25, -0.2) is 4.79 Å². The Kier molecular flexibility index (Phi) is 5.07. The fraction of sp³-hybridized carbons (Fsp3) is 0.476. The van der Waals surface area contributed by atoms with Crippen molar-refractivity contribution in [1.82, 2.24) is 15.0 Å². The van der Waals surface area contributed by atoms with Crippen molar-refractivity contribution in [2.45, 2.75) is 39.2 Å².